The van der Waals surface area contributed by atoms with Crippen LogP contribution >= 0.6 is 11.8 Å². The van der Waals surface area contributed by atoms with Crippen molar-refractivity contribution in [3.05, 3.63) is 90.2 Å². The van der Waals surface area contributed by atoms with E-state index < -0.39 is 0 Å². The fraction of sp³-hybridized carbons (Fsp3) is 0.160. The molecule has 2 aromatic heterocycles. The summed E-state index contributed by atoms with van der Waals surface area (Å²) in [5.74, 6) is 1.29. The smallest absolute Gasteiger partial charge is 0.261 e. The number of oxazole rings is 1. The van der Waals surface area contributed by atoms with Gasteiger partial charge in [-0.3, -0.25) is 9.59 Å². The minimum atomic E-state index is -0.0870. The number of nitrogens with one attached hydrogen (secondary N) is 1. The van der Waals surface area contributed by atoms with Crippen molar-refractivity contribution in [2.75, 3.05) is 22.5 Å². The summed E-state index contributed by atoms with van der Waals surface area (Å²) in [6.45, 7) is 0.606. The Morgan fingerprint density at radius 1 is 1.09 bits per heavy atom. The van der Waals surface area contributed by atoms with E-state index >= 15 is 0 Å². The molecule has 0 saturated carbocycles. The van der Waals surface area contributed by atoms with Gasteiger partial charge in [0.1, 0.15) is 12.5 Å². The molecule has 4 aromatic rings. The molecule has 0 fully saturated rings. The van der Waals surface area contributed by atoms with E-state index in [2.05, 4.69) is 10.3 Å². The molecule has 7 nitrogen and oxygen atoms in total. The summed E-state index contributed by atoms with van der Waals surface area (Å²) in [6.07, 6.45) is 5.32. The Hall–Kier alpha value is -3.78. The number of nitrogens with zero attached hydrogens (tertiary/aromatic N) is 2. The van der Waals surface area contributed by atoms with Crippen LogP contribution in [0.2, 0.25) is 0 Å². The van der Waals surface area contributed by atoms with Crippen LogP contribution in [0.15, 0.2) is 82.2 Å². The fourth-order valence-corrected chi connectivity index (χ4v) is 4.47. The summed E-state index contributed by atoms with van der Waals surface area (Å²) in [6, 6.07) is 17.0. The molecule has 2 amide bonds. The van der Waals surface area contributed by atoms with Gasteiger partial charge in [0.05, 0.1) is 23.3 Å². The Bertz CT molecular complexity index is 1270. The summed E-state index contributed by atoms with van der Waals surface area (Å²) in [5.41, 5.74) is 4.88. The lowest BCUT2D eigenvalue weighted by Crippen LogP contribution is -2.28. The number of carbonyl (C=O) groups is 2. The van der Waals surface area contributed by atoms with Crippen LogP contribution in [0, 0.1) is 0 Å². The summed E-state index contributed by atoms with van der Waals surface area (Å²) >= 11 is 1.47. The number of fused-ring (bicyclic) bond motifs is 1. The van der Waals surface area contributed by atoms with Crippen molar-refractivity contribution < 1.29 is 18.4 Å². The molecular weight excluding hydrogens is 438 g/mol. The number of anilines is 2. The third kappa shape index (κ3) is 4.70. The zero-order valence-electron chi connectivity index (χ0n) is 17.7. The second kappa shape index (κ2) is 9.38. The van der Waals surface area contributed by atoms with Gasteiger partial charge in [-0.05, 0) is 48.4 Å². The molecule has 0 saturated heterocycles. The van der Waals surface area contributed by atoms with Gasteiger partial charge in [-0.2, -0.15) is 0 Å². The third-order valence-corrected chi connectivity index (χ3v) is 6.29. The lowest BCUT2D eigenvalue weighted by Gasteiger charge is -2.16. The Balaban J connectivity index is 1.14. The van der Waals surface area contributed by atoms with Gasteiger partial charge in [0.15, 0.2) is 0 Å². The molecule has 0 radical (unpaired) electrons. The number of rotatable bonds is 7. The van der Waals surface area contributed by atoms with Crippen LogP contribution in [0.3, 0.4) is 0 Å². The molecule has 1 aliphatic rings. The molecule has 0 bridgehead atoms. The molecule has 0 unspecified atom stereocenters. The second-order valence-electron chi connectivity index (χ2n) is 7.61. The summed E-state index contributed by atoms with van der Waals surface area (Å²) in [5, 5.41) is 2.94. The highest BCUT2D eigenvalue weighted by Gasteiger charge is 2.26. The van der Waals surface area contributed by atoms with Crippen molar-refractivity contribution in [1.82, 2.24) is 4.98 Å². The molecule has 166 valence electrons. The van der Waals surface area contributed by atoms with Crippen LogP contribution in [-0.2, 0) is 17.0 Å². The first-order chi connectivity index (χ1) is 16.2. The minimum Gasteiger partial charge on any atom is -0.472 e. The average Bonchev–Trinajstić information content (AvgIpc) is 3.60. The van der Waals surface area contributed by atoms with Crippen LogP contribution in [0.4, 0.5) is 11.4 Å². The number of carbonyl (C=O) groups excluding carboxylic acids is 2. The standard InChI is InChI=1S/C25H21N3O4S/c29-23(16-33-15-21-14-32-24(27-21)17-4-2-1-3-5-17)26-20-6-7-22-18(12-20)8-10-28(22)25(30)19-9-11-31-13-19/h1-7,9,11-14H,8,10,15-16H2,(H,26,29). The van der Waals surface area contributed by atoms with Gasteiger partial charge >= 0.3 is 0 Å². The van der Waals surface area contributed by atoms with E-state index in [-0.39, 0.29) is 11.8 Å². The van der Waals surface area contributed by atoms with E-state index in [0.717, 1.165) is 34.6 Å². The lowest BCUT2D eigenvalue weighted by molar-refractivity contribution is -0.113. The topological polar surface area (TPSA) is 88.6 Å². The van der Waals surface area contributed by atoms with E-state index in [9.17, 15) is 9.59 Å². The first-order valence-electron chi connectivity index (χ1n) is 10.5. The molecule has 0 atom stereocenters. The van der Waals surface area contributed by atoms with Crippen molar-refractivity contribution in [2.45, 2.75) is 12.2 Å². The molecule has 8 heteroatoms. The van der Waals surface area contributed by atoms with E-state index in [1.54, 1.807) is 17.2 Å². The van der Waals surface area contributed by atoms with Crippen molar-refractivity contribution >= 4 is 35.0 Å². The van der Waals surface area contributed by atoms with Gasteiger partial charge in [-0.15, -0.1) is 11.8 Å². The maximum Gasteiger partial charge on any atom is 0.261 e. The predicted molar refractivity (Wildman–Crippen MR) is 127 cm³/mol. The first-order valence-corrected chi connectivity index (χ1v) is 11.7. The van der Waals surface area contributed by atoms with Gasteiger partial charge < -0.3 is 19.1 Å². The number of thioether (sulfide) groups is 1. The SMILES string of the molecule is O=C(CSCc1coc(-c2ccccc2)n1)Nc1ccc2c(c1)CCN2C(=O)c1ccoc1. The Morgan fingerprint density at radius 2 is 1.97 bits per heavy atom. The van der Waals surface area contributed by atoms with Crippen LogP contribution in [0.5, 0.6) is 0 Å². The van der Waals surface area contributed by atoms with Gasteiger partial charge in [0.25, 0.3) is 5.91 Å². The molecule has 0 spiro atoms. The molecule has 1 N–H and O–H groups in total. The molecule has 5 rings (SSSR count). The monoisotopic (exact) mass is 459 g/mol. The molecule has 0 aliphatic carbocycles. The highest BCUT2D eigenvalue weighted by Crippen LogP contribution is 2.32. The number of hydrogen-bond acceptors (Lipinski definition) is 6. The van der Waals surface area contributed by atoms with E-state index in [1.807, 2.05) is 48.5 Å². The largest absolute Gasteiger partial charge is 0.472 e. The lowest BCUT2D eigenvalue weighted by atomic mass is 10.1. The van der Waals surface area contributed by atoms with Crippen LogP contribution in [-0.4, -0.2) is 29.1 Å². The predicted octanol–water partition coefficient (Wildman–Crippen LogP) is 5.01. The van der Waals surface area contributed by atoms with Gasteiger partial charge in [-0.25, -0.2) is 4.98 Å². The summed E-state index contributed by atoms with van der Waals surface area (Å²) in [7, 11) is 0. The third-order valence-electron chi connectivity index (χ3n) is 5.33. The van der Waals surface area contributed by atoms with Crippen molar-refractivity contribution in [1.29, 1.82) is 0 Å². The van der Waals surface area contributed by atoms with Crippen LogP contribution in [0.1, 0.15) is 21.6 Å². The number of amides is 2. The molecule has 1 aliphatic heterocycles. The quantitative estimate of drug-likeness (QED) is 0.418. The second-order valence-corrected chi connectivity index (χ2v) is 8.60. The Labute approximate surface area is 194 Å². The fourth-order valence-electron chi connectivity index (χ4n) is 3.76. The Morgan fingerprint density at radius 3 is 2.79 bits per heavy atom. The van der Waals surface area contributed by atoms with E-state index in [0.29, 0.717) is 29.5 Å². The van der Waals surface area contributed by atoms with Crippen molar-refractivity contribution in [2.24, 2.45) is 0 Å². The minimum absolute atomic E-state index is 0.0843. The molecular formula is C25H21N3O4S. The van der Waals surface area contributed by atoms with E-state index in [1.165, 1.54) is 24.3 Å². The molecule has 3 heterocycles. The number of hydrogen-bond donors (Lipinski definition) is 1. The van der Waals surface area contributed by atoms with Gasteiger partial charge in [0, 0.05) is 29.2 Å². The maximum atomic E-state index is 12.6. The number of benzene rings is 2. The van der Waals surface area contributed by atoms with Crippen molar-refractivity contribution in [3.8, 4) is 11.5 Å². The Kier molecular flexibility index (Phi) is 5.99. The zero-order chi connectivity index (χ0) is 22.6. The zero-order valence-corrected chi connectivity index (χ0v) is 18.5. The molecule has 2 aromatic carbocycles. The average molecular weight is 460 g/mol. The van der Waals surface area contributed by atoms with Gasteiger partial charge in [0.2, 0.25) is 11.8 Å². The summed E-state index contributed by atoms with van der Waals surface area (Å²) in [4.78, 5) is 31.3. The summed E-state index contributed by atoms with van der Waals surface area (Å²) < 4.78 is 10.6. The van der Waals surface area contributed by atoms with Crippen LogP contribution in [0.25, 0.3) is 11.5 Å². The number of furan rings is 1. The molecule has 33 heavy (non-hydrogen) atoms. The highest BCUT2D eigenvalue weighted by atomic mass is 32.2. The van der Waals surface area contributed by atoms with Crippen molar-refractivity contribution in [3.63, 3.8) is 0 Å². The maximum absolute atomic E-state index is 12.6. The normalized spacial score (nSPS) is 12.5. The van der Waals surface area contributed by atoms with Gasteiger partial charge in [-0.1, -0.05) is 18.2 Å². The highest BCUT2D eigenvalue weighted by molar-refractivity contribution is 7.99. The first kappa shape index (κ1) is 21.1. The number of aromatic nitrogens is 1. The van der Waals surface area contributed by atoms with Crippen LogP contribution < -0.4 is 10.2 Å². The van der Waals surface area contributed by atoms with E-state index in [4.69, 9.17) is 8.83 Å².